The number of hydrogen-bond donors (Lipinski definition) is 3. The molecule has 1 aromatic rings. The monoisotopic (exact) mass is 193 g/mol. The number of nitrogens with two attached hydrogens (primary N) is 2. The van der Waals surface area contributed by atoms with Gasteiger partial charge in [0.05, 0.1) is 5.69 Å². The fraction of sp³-hybridized carbons (Fsp3) is 0.111. The van der Waals surface area contributed by atoms with E-state index in [0.717, 1.165) is 6.08 Å². The Morgan fingerprint density at radius 3 is 2.79 bits per heavy atom. The lowest BCUT2D eigenvalue weighted by Gasteiger charge is -2.03. The van der Waals surface area contributed by atoms with Crippen molar-refractivity contribution in [3.63, 3.8) is 0 Å². The molecule has 1 rings (SSSR count). The van der Waals surface area contributed by atoms with Gasteiger partial charge in [-0.3, -0.25) is 0 Å². The van der Waals surface area contributed by atoms with Crippen LogP contribution in [0.4, 0.5) is 11.5 Å². The number of aromatic nitrogens is 1. The molecule has 0 bridgehead atoms. The molecular formula is C9H11N3O2. The maximum atomic E-state index is 10.3. The van der Waals surface area contributed by atoms with E-state index in [0.29, 0.717) is 16.9 Å². The van der Waals surface area contributed by atoms with Crippen LogP contribution in [-0.4, -0.2) is 16.1 Å². The standard InChI is InChI=1S/C9H11N3O2/c1-5-6(2-3-8(13)14)4-7(10)9(11)12-5/h2-4H,10H2,1H3,(H2,11,12)(H,13,14). The molecule has 5 N–H and O–H groups in total. The Bertz CT molecular complexity index is 399. The van der Waals surface area contributed by atoms with Crippen LogP contribution < -0.4 is 11.5 Å². The van der Waals surface area contributed by atoms with Crippen molar-refractivity contribution in [2.45, 2.75) is 6.92 Å². The molecular weight excluding hydrogens is 182 g/mol. The van der Waals surface area contributed by atoms with Crippen LogP contribution in [-0.2, 0) is 4.79 Å². The van der Waals surface area contributed by atoms with Gasteiger partial charge in [-0.15, -0.1) is 0 Å². The fourth-order valence-corrected chi connectivity index (χ4v) is 0.985. The zero-order chi connectivity index (χ0) is 10.7. The normalized spacial score (nSPS) is 10.6. The summed E-state index contributed by atoms with van der Waals surface area (Å²) in [5.41, 5.74) is 12.6. The number of hydrogen-bond acceptors (Lipinski definition) is 4. The van der Waals surface area contributed by atoms with Crippen LogP contribution in [0.5, 0.6) is 0 Å². The zero-order valence-electron chi connectivity index (χ0n) is 7.69. The van der Waals surface area contributed by atoms with E-state index in [2.05, 4.69) is 4.98 Å². The van der Waals surface area contributed by atoms with Gasteiger partial charge < -0.3 is 16.6 Å². The van der Waals surface area contributed by atoms with Gasteiger partial charge in [0.15, 0.2) is 0 Å². The van der Waals surface area contributed by atoms with Crippen molar-refractivity contribution in [2.75, 3.05) is 11.5 Å². The summed E-state index contributed by atoms with van der Waals surface area (Å²) in [6.07, 6.45) is 2.46. The number of aryl methyl sites for hydroxylation is 1. The molecule has 0 aliphatic rings. The van der Waals surface area contributed by atoms with Crippen molar-refractivity contribution < 1.29 is 9.90 Å². The number of carboxylic acids is 1. The first-order chi connectivity index (χ1) is 6.50. The van der Waals surface area contributed by atoms with E-state index in [1.165, 1.54) is 6.08 Å². The van der Waals surface area contributed by atoms with Gasteiger partial charge in [-0.2, -0.15) is 0 Å². The third kappa shape index (κ3) is 2.22. The molecule has 0 fully saturated rings. The molecule has 0 spiro atoms. The Morgan fingerprint density at radius 2 is 2.21 bits per heavy atom. The van der Waals surface area contributed by atoms with Crippen LogP contribution >= 0.6 is 0 Å². The van der Waals surface area contributed by atoms with Crippen molar-refractivity contribution >= 4 is 23.6 Å². The second-order valence-corrected chi connectivity index (χ2v) is 2.81. The van der Waals surface area contributed by atoms with Crippen LogP contribution in [0, 0.1) is 6.92 Å². The highest BCUT2D eigenvalue weighted by atomic mass is 16.4. The largest absolute Gasteiger partial charge is 0.478 e. The average molecular weight is 193 g/mol. The van der Waals surface area contributed by atoms with Gasteiger partial charge in [-0.05, 0) is 24.6 Å². The molecule has 0 aromatic carbocycles. The van der Waals surface area contributed by atoms with Crippen LogP contribution in [0.25, 0.3) is 6.08 Å². The highest BCUT2D eigenvalue weighted by molar-refractivity contribution is 5.86. The van der Waals surface area contributed by atoms with Gasteiger partial charge in [0.25, 0.3) is 0 Å². The Morgan fingerprint density at radius 1 is 1.57 bits per heavy atom. The molecule has 0 amide bonds. The number of carbonyl (C=O) groups is 1. The fourth-order valence-electron chi connectivity index (χ4n) is 0.985. The maximum absolute atomic E-state index is 10.3. The molecule has 5 nitrogen and oxygen atoms in total. The summed E-state index contributed by atoms with van der Waals surface area (Å²) in [6.45, 7) is 1.73. The SMILES string of the molecule is Cc1nc(N)c(N)cc1C=CC(=O)O. The molecule has 0 radical (unpaired) electrons. The highest BCUT2D eigenvalue weighted by Gasteiger charge is 2.01. The van der Waals surface area contributed by atoms with Gasteiger partial charge in [0, 0.05) is 11.8 Å². The minimum absolute atomic E-state index is 0.259. The lowest BCUT2D eigenvalue weighted by molar-refractivity contribution is -0.131. The van der Waals surface area contributed by atoms with Crippen molar-refractivity contribution in [1.29, 1.82) is 0 Å². The van der Waals surface area contributed by atoms with Crippen molar-refractivity contribution in [2.24, 2.45) is 0 Å². The van der Waals surface area contributed by atoms with Gasteiger partial charge >= 0.3 is 5.97 Å². The van der Waals surface area contributed by atoms with E-state index in [9.17, 15) is 4.79 Å². The first-order valence-electron chi connectivity index (χ1n) is 3.94. The van der Waals surface area contributed by atoms with Crippen LogP contribution in [0.1, 0.15) is 11.3 Å². The Hall–Kier alpha value is -2.04. The molecule has 0 unspecified atom stereocenters. The van der Waals surface area contributed by atoms with E-state index in [-0.39, 0.29) is 5.82 Å². The number of nitrogens with zero attached hydrogens (tertiary/aromatic N) is 1. The van der Waals surface area contributed by atoms with Crippen molar-refractivity contribution in [1.82, 2.24) is 4.98 Å². The Balaban J connectivity index is 3.10. The number of pyridine rings is 1. The molecule has 0 aliphatic heterocycles. The number of carboxylic acid groups (broad SMARTS) is 1. The molecule has 0 saturated carbocycles. The number of anilines is 2. The average Bonchev–Trinajstić information content (AvgIpc) is 2.09. The maximum Gasteiger partial charge on any atom is 0.328 e. The minimum Gasteiger partial charge on any atom is -0.478 e. The summed E-state index contributed by atoms with van der Waals surface area (Å²) in [4.78, 5) is 14.2. The molecule has 74 valence electrons. The van der Waals surface area contributed by atoms with E-state index in [1.54, 1.807) is 13.0 Å². The van der Waals surface area contributed by atoms with Gasteiger partial charge in [0.2, 0.25) is 0 Å². The number of nitrogen functional groups attached to an aromatic ring is 2. The van der Waals surface area contributed by atoms with Crippen LogP contribution in [0.2, 0.25) is 0 Å². The van der Waals surface area contributed by atoms with E-state index < -0.39 is 5.97 Å². The van der Waals surface area contributed by atoms with Crippen LogP contribution in [0.3, 0.4) is 0 Å². The third-order valence-electron chi connectivity index (χ3n) is 1.72. The molecule has 1 heterocycles. The topological polar surface area (TPSA) is 102 Å². The summed E-state index contributed by atoms with van der Waals surface area (Å²) in [6, 6.07) is 1.59. The first kappa shape index (κ1) is 10.0. The molecule has 1 aromatic heterocycles. The summed E-state index contributed by atoms with van der Waals surface area (Å²) in [5, 5.41) is 8.43. The minimum atomic E-state index is -1.01. The zero-order valence-corrected chi connectivity index (χ0v) is 7.69. The summed E-state index contributed by atoms with van der Waals surface area (Å²) >= 11 is 0. The summed E-state index contributed by atoms with van der Waals surface area (Å²) < 4.78 is 0. The smallest absolute Gasteiger partial charge is 0.328 e. The molecule has 0 aliphatic carbocycles. The predicted octanol–water partition coefficient (Wildman–Crippen LogP) is 0.652. The lowest BCUT2D eigenvalue weighted by atomic mass is 10.1. The van der Waals surface area contributed by atoms with Gasteiger partial charge in [-0.25, -0.2) is 9.78 Å². The predicted molar refractivity (Wildman–Crippen MR) is 54.5 cm³/mol. The second kappa shape index (κ2) is 3.78. The second-order valence-electron chi connectivity index (χ2n) is 2.81. The van der Waals surface area contributed by atoms with E-state index in [4.69, 9.17) is 16.6 Å². The van der Waals surface area contributed by atoms with Gasteiger partial charge in [0.1, 0.15) is 5.82 Å². The number of rotatable bonds is 2. The lowest BCUT2D eigenvalue weighted by Crippen LogP contribution is -2.01. The van der Waals surface area contributed by atoms with Crippen molar-refractivity contribution in [3.05, 3.63) is 23.4 Å². The summed E-state index contributed by atoms with van der Waals surface area (Å²) in [7, 11) is 0. The third-order valence-corrected chi connectivity index (χ3v) is 1.72. The van der Waals surface area contributed by atoms with Crippen LogP contribution in [0.15, 0.2) is 12.1 Å². The van der Waals surface area contributed by atoms with E-state index >= 15 is 0 Å². The van der Waals surface area contributed by atoms with Gasteiger partial charge in [-0.1, -0.05) is 0 Å². The molecule has 5 heteroatoms. The highest BCUT2D eigenvalue weighted by Crippen LogP contribution is 2.17. The Labute approximate surface area is 81.1 Å². The first-order valence-corrected chi connectivity index (χ1v) is 3.94. The molecule has 0 atom stereocenters. The molecule has 14 heavy (non-hydrogen) atoms. The number of aliphatic carboxylic acids is 1. The van der Waals surface area contributed by atoms with Crippen molar-refractivity contribution in [3.8, 4) is 0 Å². The molecule has 0 saturated heterocycles. The quantitative estimate of drug-likeness (QED) is 0.598. The summed E-state index contributed by atoms with van der Waals surface area (Å²) in [5.74, 6) is -0.755. The van der Waals surface area contributed by atoms with E-state index in [1.807, 2.05) is 0 Å². The Kier molecular flexibility index (Phi) is 2.71.